The zero-order valence-corrected chi connectivity index (χ0v) is 34.1. The number of aliphatic carboxylic acids is 3. The minimum Gasteiger partial charge on any atom is -0.508 e. The second-order valence-electron chi connectivity index (χ2n) is 14.3. The van der Waals surface area contributed by atoms with E-state index in [1.807, 2.05) is 0 Å². The molecule has 24 nitrogen and oxygen atoms in total. The average Bonchev–Trinajstić information content (AvgIpc) is 3.18. The normalized spacial score (nSPS) is 13.8. The predicted octanol–water partition coefficient (Wildman–Crippen LogP) is -3.94. The Balaban J connectivity index is 3.22. The number of carbonyl (C=O) groups is 9. The molecule has 0 bridgehead atoms. The van der Waals surface area contributed by atoms with E-state index in [1.165, 1.54) is 24.3 Å². The van der Waals surface area contributed by atoms with Gasteiger partial charge in [0, 0.05) is 19.4 Å². The molecule has 0 unspecified atom stereocenters. The van der Waals surface area contributed by atoms with Crippen molar-refractivity contribution in [2.45, 2.75) is 108 Å². The molecule has 0 aliphatic carbocycles. The number of phenolic OH excluding ortho intramolecular Hbond substituents is 1. The van der Waals surface area contributed by atoms with Gasteiger partial charge in [-0.25, -0.2) is 4.79 Å². The van der Waals surface area contributed by atoms with Gasteiger partial charge in [-0.05, 0) is 62.3 Å². The van der Waals surface area contributed by atoms with Crippen LogP contribution in [0.15, 0.2) is 29.3 Å². The fourth-order valence-corrected chi connectivity index (χ4v) is 5.54. The minimum atomic E-state index is -1.83. The van der Waals surface area contributed by atoms with E-state index in [9.17, 15) is 58.5 Å². The second-order valence-corrected chi connectivity index (χ2v) is 14.3. The van der Waals surface area contributed by atoms with Crippen LogP contribution in [0.4, 0.5) is 0 Å². The lowest BCUT2D eigenvalue weighted by Crippen LogP contribution is -2.58. The SMILES string of the molecule is CC(C)[C@H](NC(=O)CNC(=O)[C@H](Cc1ccc(O)cc1)NC(=O)[C@H](CCC(=O)O)NC(=O)[C@@H](N)CCCCN)C(=O)N[C@@H](CCCN=C(N)N)C(=O)N[C@@H](CC(=O)O)C(=O)O. The van der Waals surface area contributed by atoms with Crippen molar-refractivity contribution in [3.8, 4) is 5.75 Å². The topological polar surface area (TPSA) is 423 Å². The Labute approximate surface area is 351 Å². The molecule has 0 fully saturated rings. The quantitative estimate of drug-likeness (QED) is 0.0208. The molecule has 0 saturated carbocycles. The van der Waals surface area contributed by atoms with Gasteiger partial charge in [-0.3, -0.25) is 43.3 Å². The summed E-state index contributed by atoms with van der Waals surface area (Å²) in [6.45, 7) is 2.75. The van der Waals surface area contributed by atoms with Gasteiger partial charge in [0.15, 0.2) is 5.96 Å². The van der Waals surface area contributed by atoms with Crippen LogP contribution in [0, 0.1) is 5.92 Å². The summed E-state index contributed by atoms with van der Waals surface area (Å²) in [5.41, 5.74) is 22.6. The first kappa shape index (κ1) is 52.5. The van der Waals surface area contributed by atoms with Gasteiger partial charge in [0.05, 0.1) is 19.0 Å². The Morgan fingerprint density at radius 3 is 1.79 bits per heavy atom. The van der Waals surface area contributed by atoms with Gasteiger partial charge in [-0.15, -0.1) is 0 Å². The van der Waals surface area contributed by atoms with Crippen LogP contribution in [0.2, 0.25) is 0 Å². The van der Waals surface area contributed by atoms with Gasteiger partial charge in [0.25, 0.3) is 0 Å². The number of nitrogens with one attached hydrogen (secondary N) is 6. The van der Waals surface area contributed by atoms with Crippen LogP contribution < -0.4 is 54.8 Å². The van der Waals surface area contributed by atoms with Crippen LogP contribution in [0.3, 0.4) is 0 Å². The third kappa shape index (κ3) is 21.3. The van der Waals surface area contributed by atoms with Crippen molar-refractivity contribution in [1.82, 2.24) is 31.9 Å². The minimum absolute atomic E-state index is 0.0130. The number of aliphatic imine (C=N–C) groups is 1. The summed E-state index contributed by atoms with van der Waals surface area (Å²) in [5.74, 6) is -10.8. The molecule has 24 heteroatoms. The number of nitrogens with zero attached hydrogens (tertiary/aromatic N) is 1. The van der Waals surface area contributed by atoms with Crippen molar-refractivity contribution < 1.29 is 63.6 Å². The smallest absolute Gasteiger partial charge is 0.326 e. The van der Waals surface area contributed by atoms with E-state index in [1.54, 1.807) is 13.8 Å². The highest BCUT2D eigenvalue weighted by Crippen LogP contribution is 2.13. The van der Waals surface area contributed by atoms with Crippen LogP contribution in [-0.2, 0) is 49.6 Å². The molecule has 6 amide bonds. The number of carboxylic acids is 3. The van der Waals surface area contributed by atoms with Crippen LogP contribution in [-0.4, -0.2) is 136 Å². The molecule has 6 atom stereocenters. The Morgan fingerprint density at radius 1 is 0.672 bits per heavy atom. The number of amides is 6. The third-order valence-corrected chi connectivity index (χ3v) is 8.86. The highest BCUT2D eigenvalue weighted by atomic mass is 16.4. The molecule has 1 rings (SSSR count). The number of carboxylic acid groups (broad SMARTS) is 3. The first-order valence-corrected chi connectivity index (χ1v) is 19.4. The van der Waals surface area contributed by atoms with Crippen LogP contribution >= 0.6 is 0 Å². The maximum Gasteiger partial charge on any atom is 0.326 e. The van der Waals surface area contributed by atoms with Gasteiger partial charge < -0.3 is 75.3 Å². The van der Waals surface area contributed by atoms with Crippen molar-refractivity contribution in [2.24, 2.45) is 33.8 Å². The third-order valence-electron chi connectivity index (χ3n) is 8.86. The van der Waals surface area contributed by atoms with E-state index in [2.05, 4.69) is 36.9 Å². The number of phenols is 1. The van der Waals surface area contributed by atoms with Crippen LogP contribution in [0.5, 0.6) is 5.75 Å². The number of benzene rings is 1. The standard InChI is InChI=1S/C37H59N11O13/c1-19(2)30(35(59)45-23(7-5-15-42-37(40)41)33(57)47-26(36(60)61)17-29(53)54)48-27(50)18-43-32(56)25(16-20-8-10-21(49)11-9-20)46-34(58)24(12-13-28(51)52)44-31(55)22(39)6-3-4-14-38/h8-11,19,22-26,30,49H,3-7,12-18,38-39H2,1-2H3,(H,43,56)(H,44,55)(H,45,59)(H,46,58)(H,47,57)(H,48,50)(H,51,52)(H,53,54)(H,60,61)(H4,40,41,42)/t22-,23-,24-,25-,26-,30-/m0/s1. The molecular weight excluding hydrogens is 806 g/mol. The number of unbranched alkanes of at least 4 members (excludes halogenated alkanes) is 1. The average molecular weight is 866 g/mol. The van der Waals surface area contributed by atoms with Crippen molar-refractivity contribution in [1.29, 1.82) is 0 Å². The molecule has 61 heavy (non-hydrogen) atoms. The molecule has 0 spiro atoms. The van der Waals surface area contributed by atoms with Gasteiger partial charge in [0.2, 0.25) is 35.4 Å². The molecule has 1 aromatic rings. The molecule has 0 aromatic heterocycles. The molecule has 340 valence electrons. The Morgan fingerprint density at radius 2 is 1.25 bits per heavy atom. The maximum atomic E-state index is 13.6. The number of hydrogen-bond donors (Lipinski definition) is 14. The molecule has 0 saturated heterocycles. The van der Waals surface area contributed by atoms with E-state index in [0.717, 1.165) is 0 Å². The first-order chi connectivity index (χ1) is 28.6. The van der Waals surface area contributed by atoms with Crippen LogP contribution in [0.25, 0.3) is 0 Å². The summed E-state index contributed by atoms with van der Waals surface area (Å²) in [4.78, 5) is 118. The van der Waals surface area contributed by atoms with Gasteiger partial charge in [-0.2, -0.15) is 0 Å². The van der Waals surface area contributed by atoms with Crippen molar-refractivity contribution >= 4 is 59.3 Å². The lowest BCUT2D eigenvalue weighted by atomic mass is 10.0. The van der Waals surface area contributed by atoms with E-state index in [-0.39, 0.29) is 50.4 Å². The summed E-state index contributed by atoms with van der Waals surface area (Å²) in [6.07, 6.45) is -0.732. The van der Waals surface area contributed by atoms with Gasteiger partial charge in [0.1, 0.15) is 36.0 Å². The van der Waals surface area contributed by atoms with E-state index < -0.39 is 115 Å². The Bertz CT molecular complexity index is 1710. The second kappa shape index (κ2) is 27.2. The van der Waals surface area contributed by atoms with Gasteiger partial charge >= 0.3 is 17.9 Å². The largest absolute Gasteiger partial charge is 0.508 e. The predicted molar refractivity (Wildman–Crippen MR) is 217 cm³/mol. The van der Waals surface area contributed by atoms with E-state index in [0.29, 0.717) is 24.9 Å². The molecular formula is C37H59N11O13. The molecule has 0 aliphatic heterocycles. The van der Waals surface area contributed by atoms with Crippen molar-refractivity contribution in [2.75, 3.05) is 19.6 Å². The molecule has 18 N–H and O–H groups in total. The number of aromatic hydroxyl groups is 1. The van der Waals surface area contributed by atoms with Crippen molar-refractivity contribution in [3.63, 3.8) is 0 Å². The zero-order valence-electron chi connectivity index (χ0n) is 34.1. The highest BCUT2D eigenvalue weighted by Gasteiger charge is 2.33. The highest BCUT2D eigenvalue weighted by molar-refractivity contribution is 5.96. The fraction of sp³-hybridized carbons (Fsp3) is 0.568. The van der Waals surface area contributed by atoms with E-state index >= 15 is 0 Å². The first-order valence-electron chi connectivity index (χ1n) is 19.4. The number of carbonyl (C=O) groups excluding carboxylic acids is 6. The Kier molecular flexibility index (Phi) is 23.4. The molecule has 0 heterocycles. The summed E-state index contributed by atoms with van der Waals surface area (Å²) in [5, 5.41) is 51.8. The summed E-state index contributed by atoms with van der Waals surface area (Å²) in [6, 6.07) is -2.91. The zero-order chi connectivity index (χ0) is 46.2. The number of guanidine groups is 1. The summed E-state index contributed by atoms with van der Waals surface area (Å²) in [7, 11) is 0. The molecule has 0 radical (unpaired) electrons. The number of hydrogen-bond acceptors (Lipinski definition) is 13. The maximum absolute atomic E-state index is 13.6. The monoisotopic (exact) mass is 865 g/mol. The van der Waals surface area contributed by atoms with Crippen molar-refractivity contribution in [3.05, 3.63) is 29.8 Å². The summed E-state index contributed by atoms with van der Waals surface area (Å²) >= 11 is 0. The lowest BCUT2D eigenvalue weighted by molar-refractivity contribution is -0.147. The molecule has 1 aromatic carbocycles. The number of nitrogens with two attached hydrogens (primary N) is 4. The lowest BCUT2D eigenvalue weighted by Gasteiger charge is -2.26. The summed E-state index contributed by atoms with van der Waals surface area (Å²) < 4.78 is 0. The number of rotatable bonds is 29. The Hall–Kier alpha value is -6.56. The molecule has 0 aliphatic rings. The van der Waals surface area contributed by atoms with Gasteiger partial charge in [-0.1, -0.05) is 32.4 Å². The van der Waals surface area contributed by atoms with E-state index in [4.69, 9.17) is 28.0 Å². The van der Waals surface area contributed by atoms with Crippen LogP contribution in [0.1, 0.15) is 70.8 Å². The fourth-order valence-electron chi connectivity index (χ4n) is 5.54.